The number of nitrogens with zero attached hydrogens (tertiary/aromatic N) is 1. The summed E-state index contributed by atoms with van der Waals surface area (Å²) in [5.74, 6) is 0. The van der Waals surface area contributed by atoms with Crippen molar-refractivity contribution in [2.75, 3.05) is 0 Å². The molecule has 0 unspecified atom stereocenters. The quantitative estimate of drug-likeness (QED) is 0.877. The summed E-state index contributed by atoms with van der Waals surface area (Å²) in [5.41, 5.74) is 2.57. The fraction of sp³-hybridized carbons (Fsp3) is 0.467. The van der Waals surface area contributed by atoms with Crippen LogP contribution < -0.4 is 5.32 Å². The van der Waals surface area contributed by atoms with Gasteiger partial charge >= 0.3 is 0 Å². The zero-order valence-electron chi connectivity index (χ0n) is 10.9. The van der Waals surface area contributed by atoms with Crippen molar-refractivity contribution in [1.29, 1.82) is 0 Å². The molecule has 96 valence electrons. The predicted molar refractivity (Wildman–Crippen MR) is 77.2 cm³/mol. The van der Waals surface area contributed by atoms with Crippen molar-refractivity contribution in [3.05, 3.63) is 35.0 Å². The molecule has 1 N–H and O–H groups in total. The van der Waals surface area contributed by atoms with Gasteiger partial charge in [-0.15, -0.1) is 0 Å². The van der Waals surface area contributed by atoms with Gasteiger partial charge in [0.05, 0.1) is 0 Å². The Morgan fingerprint density at radius 1 is 1.39 bits per heavy atom. The summed E-state index contributed by atoms with van der Waals surface area (Å²) in [6, 6.07) is 9.57. The van der Waals surface area contributed by atoms with E-state index in [0.29, 0.717) is 6.04 Å². The Labute approximate surface area is 113 Å². The van der Waals surface area contributed by atoms with Crippen LogP contribution in [0.3, 0.4) is 0 Å². The van der Waals surface area contributed by atoms with Gasteiger partial charge in [0, 0.05) is 40.2 Å². The van der Waals surface area contributed by atoms with Crippen LogP contribution in [0, 0.1) is 0 Å². The summed E-state index contributed by atoms with van der Waals surface area (Å²) in [4.78, 5) is 0. The monoisotopic (exact) mass is 262 g/mol. The second kappa shape index (κ2) is 4.60. The van der Waals surface area contributed by atoms with Crippen LogP contribution in [-0.4, -0.2) is 10.6 Å². The number of hydrogen-bond acceptors (Lipinski definition) is 1. The predicted octanol–water partition coefficient (Wildman–Crippen LogP) is 4.13. The lowest BCUT2D eigenvalue weighted by Crippen LogP contribution is -2.18. The van der Waals surface area contributed by atoms with Crippen LogP contribution in [0.25, 0.3) is 10.9 Å². The first-order valence-corrected chi connectivity index (χ1v) is 7.06. The molecule has 18 heavy (non-hydrogen) atoms. The molecule has 1 aliphatic rings. The molecule has 0 bridgehead atoms. The molecule has 0 spiro atoms. The average Bonchev–Trinajstić information content (AvgIpc) is 3.06. The minimum atomic E-state index is 0.456. The topological polar surface area (TPSA) is 17.0 Å². The maximum atomic E-state index is 6.29. The zero-order valence-corrected chi connectivity index (χ0v) is 11.7. The Morgan fingerprint density at radius 2 is 2.17 bits per heavy atom. The first-order chi connectivity index (χ1) is 8.66. The summed E-state index contributed by atoms with van der Waals surface area (Å²) >= 11 is 6.29. The van der Waals surface area contributed by atoms with Gasteiger partial charge in [0.25, 0.3) is 0 Å². The molecule has 0 aliphatic heterocycles. The van der Waals surface area contributed by atoms with Gasteiger partial charge in [-0.1, -0.05) is 17.7 Å². The van der Waals surface area contributed by atoms with Gasteiger partial charge in [0.15, 0.2) is 0 Å². The lowest BCUT2D eigenvalue weighted by molar-refractivity contribution is 0.565. The van der Waals surface area contributed by atoms with Crippen molar-refractivity contribution >= 4 is 22.5 Å². The normalized spacial score (nSPS) is 15.8. The lowest BCUT2D eigenvalue weighted by atomic mass is 10.2. The fourth-order valence-corrected chi connectivity index (χ4v) is 2.78. The number of aromatic nitrogens is 1. The molecule has 2 aromatic rings. The van der Waals surface area contributed by atoms with Crippen LogP contribution in [0.5, 0.6) is 0 Å². The molecular formula is C15H19ClN2. The van der Waals surface area contributed by atoms with Gasteiger partial charge in [-0.25, -0.2) is 0 Å². The molecule has 1 aliphatic carbocycles. The fourth-order valence-electron chi connectivity index (χ4n) is 2.55. The first-order valence-electron chi connectivity index (χ1n) is 6.68. The molecule has 1 saturated carbocycles. The molecule has 0 atom stereocenters. The van der Waals surface area contributed by atoms with Gasteiger partial charge in [-0.05, 0) is 44.9 Å². The van der Waals surface area contributed by atoms with Crippen molar-refractivity contribution in [2.24, 2.45) is 0 Å². The Kier molecular flexibility index (Phi) is 3.08. The average molecular weight is 263 g/mol. The maximum absolute atomic E-state index is 6.29. The smallest absolute Gasteiger partial charge is 0.0500 e. The van der Waals surface area contributed by atoms with E-state index >= 15 is 0 Å². The van der Waals surface area contributed by atoms with E-state index in [2.05, 4.69) is 35.9 Å². The highest BCUT2D eigenvalue weighted by Crippen LogP contribution is 2.30. The van der Waals surface area contributed by atoms with Crippen LogP contribution >= 0.6 is 11.6 Å². The number of nitrogens with one attached hydrogen (secondary N) is 1. The van der Waals surface area contributed by atoms with E-state index in [1.165, 1.54) is 29.4 Å². The minimum absolute atomic E-state index is 0.456. The third kappa shape index (κ3) is 2.15. The van der Waals surface area contributed by atoms with Crippen LogP contribution in [-0.2, 0) is 6.54 Å². The molecule has 1 aromatic heterocycles. The standard InChI is InChI=1S/C15H19ClN2/c1-10(2)18-12(9-17-11-6-7-11)8-13-14(16)4-3-5-15(13)18/h3-5,8,10-11,17H,6-7,9H2,1-2H3. The van der Waals surface area contributed by atoms with Crippen molar-refractivity contribution in [1.82, 2.24) is 9.88 Å². The van der Waals surface area contributed by atoms with Gasteiger partial charge < -0.3 is 9.88 Å². The number of rotatable bonds is 4. The molecule has 3 rings (SSSR count). The number of hydrogen-bond donors (Lipinski definition) is 1. The van der Waals surface area contributed by atoms with E-state index < -0.39 is 0 Å². The molecule has 1 aromatic carbocycles. The summed E-state index contributed by atoms with van der Waals surface area (Å²) in [6.07, 6.45) is 2.64. The summed E-state index contributed by atoms with van der Waals surface area (Å²) in [5, 5.41) is 5.60. The molecule has 1 fully saturated rings. The molecule has 0 amide bonds. The summed E-state index contributed by atoms with van der Waals surface area (Å²) in [6.45, 7) is 5.38. The van der Waals surface area contributed by atoms with E-state index in [9.17, 15) is 0 Å². The Hall–Kier alpha value is -0.990. The van der Waals surface area contributed by atoms with Gasteiger partial charge in [-0.3, -0.25) is 0 Å². The van der Waals surface area contributed by atoms with Crippen molar-refractivity contribution in [3.63, 3.8) is 0 Å². The Morgan fingerprint density at radius 3 is 2.83 bits per heavy atom. The van der Waals surface area contributed by atoms with Crippen LogP contribution in [0.2, 0.25) is 5.02 Å². The van der Waals surface area contributed by atoms with Crippen LogP contribution in [0.15, 0.2) is 24.3 Å². The van der Waals surface area contributed by atoms with E-state index in [1.54, 1.807) is 0 Å². The maximum Gasteiger partial charge on any atom is 0.0500 e. The largest absolute Gasteiger partial charge is 0.341 e. The Bertz CT molecular complexity index is 567. The first kappa shape index (κ1) is 12.1. The number of halogens is 1. The van der Waals surface area contributed by atoms with E-state index in [1.807, 2.05) is 12.1 Å². The van der Waals surface area contributed by atoms with Gasteiger partial charge in [-0.2, -0.15) is 0 Å². The summed E-state index contributed by atoms with van der Waals surface area (Å²) < 4.78 is 2.39. The highest BCUT2D eigenvalue weighted by molar-refractivity contribution is 6.35. The second-order valence-corrected chi connectivity index (χ2v) is 5.83. The van der Waals surface area contributed by atoms with E-state index in [4.69, 9.17) is 11.6 Å². The molecule has 0 saturated heterocycles. The van der Waals surface area contributed by atoms with Crippen molar-refractivity contribution < 1.29 is 0 Å². The lowest BCUT2D eigenvalue weighted by Gasteiger charge is -2.15. The van der Waals surface area contributed by atoms with E-state index in [0.717, 1.165) is 17.6 Å². The molecule has 1 heterocycles. The minimum Gasteiger partial charge on any atom is -0.341 e. The van der Waals surface area contributed by atoms with Gasteiger partial charge in [0.1, 0.15) is 0 Å². The number of benzene rings is 1. The van der Waals surface area contributed by atoms with E-state index in [-0.39, 0.29) is 0 Å². The molecule has 0 radical (unpaired) electrons. The zero-order chi connectivity index (χ0) is 12.7. The third-order valence-corrected chi connectivity index (χ3v) is 3.91. The van der Waals surface area contributed by atoms with Crippen LogP contribution in [0.4, 0.5) is 0 Å². The molecular weight excluding hydrogens is 244 g/mol. The summed E-state index contributed by atoms with van der Waals surface area (Å²) in [7, 11) is 0. The molecule has 3 heteroatoms. The Balaban J connectivity index is 2.04. The van der Waals surface area contributed by atoms with Crippen molar-refractivity contribution in [3.8, 4) is 0 Å². The van der Waals surface area contributed by atoms with Crippen molar-refractivity contribution in [2.45, 2.75) is 45.3 Å². The third-order valence-electron chi connectivity index (χ3n) is 3.58. The highest BCUT2D eigenvalue weighted by atomic mass is 35.5. The van der Waals surface area contributed by atoms with Gasteiger partial charge in [0.2, 0.25) is 0 Å². The second-order valence-electron chi connectivity index (χ2n) is 5.43. The SMILES string of the molecule is CC(C)n1c(CNC2CC2)cc2c(Cl)cccc21. The number of fused-ring (bicyclic) bond motifs is 1. The molecule has 2 nitrogen and oxygen atoms in total. The van der Waals surface area contributed by atoms with Crippen LogP contribution in [0.1, 0.15) is 38.4 Å². The highest BCUT2D eigenvalue weighted by Gasteiger charge is 2.21.